The van der Waals surface area contributed by atoms with Crippen molar-refractivity contribution < 1.29 is 23.7 Å². The van der Waals surface area contributed by atoms with Crippen molar-refractivity contribution in [2.45, 2.75) is 77.7 Å². The summed E-state index contributed by atoms with van der Waals surface area (Å²) < 4.78 is 27.7. The van der Waals surface area contributed by atoms with E-state index in [2.05, 4.69) is 19.1 Å². The molecule has 1 rings (SSSR count). The lowest BCUT2D eigenvalue weighted by Gasteiger charge is -2.08. The van der Waals surface area contributed by atoms with Crippen molar-refractivity contribution in [1.82, 2.24) is 0 Å². The van der Waals surface area contributed by atoms with E-state index in [4.69, 9.17) is 23.7 Å². The molecule has 0 bridgehead atoms. The van der Waals surface area contributed by atoms with Gasteiger partial charge in [-0.05, 0) is 12.0 Å². The van der Waals surface area contributed by atoms with Gasteiger partial charge in [-0.3, -0.25) is 0 Å². The van der Waals surface area contributed by atoms with Crippen LogP contribution < -0.4 is 0 Å². The maximum absolute atomic E-state index is 5.63. The first-order valence-corrected chi connectivity index (χ1v) is 12.9. The lowest BCUT2D eigenvalue weighted by Crippen LogP contribution is -2.13. The SMILES string of the molecule is CCCCCCCCCCCCOCCOCCOCCOCCOCc1ccccc1. The largest absolute Gasteiger partial charge is 0.379 e. The second-order valence-electron chi connectivity index (χ2n) is 8.17. The lowest BCUT2D eigenvalue weighted by atomic mass is 10.1. The van der Waals surface area contributed by atoms with Gasteiger partial charge in [0.25, 0.3) is 0 Å². The summed E-state index contributed by atoms with van der Waals surface area (Å²) in [5.74, 6) is 0. The van der Waals surface area contributed by atoms with Crippen LogP contribution in [0.25, 0.3) is 0 Å². The summed E-state index contributed by atoms with van der Waals surface area (Å²) in [4.78, 5) is 0. The number of hydrogen-bond acceptors (Lipinski definition) is 5. The van der Waals surface area contributed by atoms with Crippen molar-refractivity contribution in [2.75, 3.05) is 59.5 Å². The van der Waals surface area contributed by atoms with E-state index in [-0.39, 0.29) is 0 Å². The Hall–Kier alpha value is -0.980. The highest BCUT2D eigenvalue weighted by Gasteiger charge is 1.96. The first-order chi connectivity index (χ1) is 15.9. The fourth-order valence-electron chi connectivity index (χ4n) is 3.34. The first-order valence-electron chi connectivity index (χ1n) is 12.9. The second-order valence-corrected chi connectivity index (χ2v) is 8.17. The molecule has 1 aromatic rings. The van der Waals surface area contributed by atoms with E-state index in [9.17, 15) is 0 Å². The van der Waals surface area contributed by atoms with Crippen LogP contribution in [0.15, 0.2) is 30.3 Å². The van der Waals surface area contributed by atoms with Crippen LogP contribution in [-0.4, -0.2) is 59.5 Å². The molecule has 0 heterocycles. The van der Waals surface area contributed by atoms with Gasteiger partial charge in [0.05, 0.1) is 59.5 Å². The monoisotopic (exact) mass is 452 g/mol. The Morgan fingerprint density at radius 3 is 1.34 bits per heavy atom. The molecular weight excluding hydrogens is 404 g/mol. The zero-order chi connectivity index (χ0) is 22.8. The summed E-state index contributed by atoms with van der Waals surface area (Å²) in [5.41, 5.74) is 1.18. The van der Waals surface area contributed by atoms with Crippen LogP contribution in [-0.2, 0) is 30.3 Å². The van der Waals surface area contributed by atoms with E-state index in [1.807, 2.05) is 18.2 Å². The van der Waals surface area contributed by atoms with E-state index >= 15 is 0 Å². The van der Waals surface area contributed by atoms with Crippen LogP contribution >= 0.6 is 0 Å². The zero-order valence-electron chi connectivity index (χ0n) is 20.6. The van der Waals surface area contributed by atoms with Crippen LogP contribution in [0.4, 0.5) is 0 Å². The van der Waals surface area contributed by atoms with Gasteiger partial charge in [-0.15, -0.1) is 0 Å². The van der Waals surface area contributed by atoms with Crippen LogP contribution in [0.5, 0.6) is 0 Å². The standard InChI is InChI=1S/C27H48O5/c1-2-3-4-5-6-7-8-9-10-14-17-28-18-19-29-20-21-30-22-23-31-24-25-32-26-27-15-12-11-13-16-27/h11-13,15-16H,2-10,14,17-26H2,1H3. The molecule has 0 saturated carbocycles. The van der Waals surface area contributed by atoms with E-state index in [0.29, 0.717) is 59.5 Å². The molecular formula is C27H48O5. The molecule has 32 heavy (non-hydrogen) atoms. The fraction of sp³-hybridized carbons (Fsp3) is 0.778. The summed E-state index contributed by atoms with van der Waals surface area (Å²) in [5, 5.41) is 0. The molecule has 0 spiro atoms. The highest BCUT2D eigenvalue weighted by Crippen LogP contribution is 2.10. The average molecular weight is 453 g/mol. The van der Waals surface area contributed by atoms with Crippen molar-refractivity contribution in [3.8, 4) is 0 Å². The molecule has 0 aliphatic carbocycles. The summed E-state index contributed by atoms with van der Waals surface area (Å²) >= 11 is 0. The predicted molar refractivity (Wildman–Crippen MR) is 131 cm³/mol. The average Bonchev–Trinajstić information content (AvgIpc) is 2.82. The summed E-state index contributed by atoms with van der Waals surface area (Å²) in [6, 6.07) is 10.2. The molecule has 0 fully saturated rings. The van der Waals surface area contributed by atoms with Gasteiger partial charge in [-0.25, -0.2) is 0 Å². The highest BCUT2D eigenvalue weighted by molar-refractivity contribution is 5.13. The first kappa shape index (κ1) is 29.1. The minimum absolute atomic E-state index is 0.580. The molecule has 5 nitrogen and oxygen atoms in total. The molecule has 186 valence electrons. The molecule has 0 atom stereocenters. The number of hydrogen-bond donors (Lipinski definition) is 0. The molecule has 5 heteroatoms. The fourth-order valence-corrected chi connectivity index (χ4v) is 3.34. The van der Waals surface area contributed by atoms with Gasteiger partial charge in [0.15, 0.2) is 0 Å². The van der Waals surface area contributed by atoms with Gasteiger partial charge in [0.2, 0.25) is 0 Å². The molecule has 0 aromatic heterocycles. The van der Waals surface area contributed by atoms with Crippen molar-refractivity contribution in [3.63, 3.8) is 0 Å². The van der Waals surface area contributed by atoms with Crippen LogP contribution in [0.1, 0.15) is 76.7 Å². The van der Waals surface area contributed by atoms with Crippen molar-refractivity contribution in [2.24, 2.45) is 0 Å². The Morgan fingerprint density at radius 2 is 0.844 bits per heavy atom. The van der Waals surface area contributed by atoms with E-state index in [0.717, 1.165) is 13.0 Å². The smallest absolute Gasteiger partial charge is 0.0718 e. The van der Waals surface area contributed by atoms with Crippen molar-refractivity contribution in [3.05, 3.63) is 35.9 Å². The van der Waals surface area contributed by atoms with Crippen molar-refractivity contribution >= 4 is 0 Å². The van der Waals surface area contributed by atoms with Crippen LogP contribution in [0.3, 0.4) is 0 Å². The third kappa shape index (κ3) is 20.9. The predicted octanol–water partition coefficient (Wildman–Crippen LogP) is 6.19. The minimum atomic E-state index is 0.580. The Labute approximate surface area is 197 Å². The third-order valence-corrected chi connectivity index (χ3v) is 5.24. The molecule has 0 N–H and O–H groups in total. The van der Waals surface area contributed by atoms with Crippen molar-refractivity contribution in [1.29, 1.82) is 0 Å². The molecule has 0 aliphatic heterocycles. The highest BCUT2D eigenvalue weighted by atomic mass is 16.6. The molecule has 0 radical (unpaired) electrons. The number of ether oxygens (including phenoxy) is 5. The number of unbranched alkanes of at least 4 members (excludes halogenated alkanes) is 9. The van der Waals surface area contributed by atoms with Gasteiger partial charge in [0.1, 0.15) is 0 Å². The summed E-state index contributed by atoms with van der Waals surface area (Å²) in [7, 11) is 0. The molecule has 1 aromatic carbocycles. The van der Waals surface area contributed by atoms with Gasteiger partial charge in [-0.2, -0.15) is 0 Å². The van der Waals surface area contributed by atoms with Crippen LogP contribution in [0.2, 0.25) is 0 Å². The number of rotatable bonds is 25. The van der Waals surface area contributed by atoms with Crippen LogP contribution in [0, 0.1) is 0 Å². The van der Waals surface area contributed by atoms with E-state index < -0.39 is 0 Å². The van der Waals surface area contributed by atoms with E-state index in [1.54, 1.807) is 0 Å². The second kappa shape index (κ2) is 24.7. The van der Waals surface area contributed by atoms with Gasteiger partial charge >= 0.3 is 0 Å². The maximum atomic E-state index is 5.63. The van der Waals surface area contributed by atoms with Gasteiger partial charge in [0, 0.05) is 6.61 Å². The van der Waals surface area contributed by atoms with E-state index in [1.165, 1.54) is 63.4 Å². The zero-order valence-corrected chi connectivity index (χ0v) is 20.6. The lowest BCUT2D eigenvalue weighted by molar-refractivity contribution is -0.0126. The normalized spacial score (nSPS) is 11.3. The summed E-state index contributed by atoms with van der Waals surface area (Å²) in [6.45, 7) is 8.58. The van der Waals surface area contributed by atoms with Gasteiger partial charge < -0.3 is 23.7 Å². The molecule has 0 unspecified atom stereocenters. The third-order valence-electron chi connectivity index (χ3n) is 5.24. The van der Waals surface area contributed by atoms with Gasteiger partial charge in [-0.1, -0.05) is 95.0 Å². The molecule has 0 saturated heterocycles. The Kier molecular flexibility index (Phi) is 22.4. The Morgan fingerprint density at radius 1 is 0.438 bits per heavy atom. The topological polar surface area (TPSA) is 46.2 Å². The quantitative estimate of drug-likeness (QED) is 0.166. The Balaban J connectivity index is 1.64. The number of benzene rings is 1. The summed E-state index contributed by atoms with van der Waals surface area (Å²) in [6.07, 6.45) is 13.5. The molecule has 0 amide bonds. The maximum Gasteiger partial charge on any atom is 0.0718 e. The minimum Gasteiger partial charge on any atom is -0.379 e. The molecule has 0 aliphatic rings. The Bertz CT molecular complexity index is 468.